The zero-order valence-electron chi connectivity index (χ0n) is 10.9. The van der Waals surface area contributed by atoms with Crippen molar-refractivity contribution in [3.05, 3.63) is 0 Å². The van der Waals surface area contributed by atoms with E-state index in [2.05, 4.69) is 5.32 Å². The third-order valence-corrected chi connectivity index (χ3v) is 4.11. The van der Waals surface area contributed by atoms with Crippen LogP contribution in [0.3, 0.4) is 0 Å². The van der Waals surface area contributed by atoms with Crippen molar-refractivity contribution in [3.8, 4) is 0 Å². The summed E-state index contributed by atoms with van der Waals surface area (Å²) in [5, 5.41) is 11.8. The van der Waals surface area contributed by atoms with Crippen LogP contribution in [0.2, 0.25) is 0 Å². The summed E-state index contributed by atoms with van der Waals surface area (Å²) in [7, 11) is 0. The Labute approximate surface area is 109 Å². The number of hydrogen-bond donors (Lipinski definition) is 2. The third kappa shape index (κ3) is 2.31. The van der Waals surface area contributed by atoms with E-state index in [1.165, 1.54) is 18.7 Å². The molecule has 7 heteroatoms. The van der Waals surface area contributed by atoms with Gasteiger partial charge in [-0.05, 0) is 20.3 Å². The lowest BCUT2D eigenvalue weighted by molar-refractivity contribution is -0.159. The number of nitrogens with one attached hydrogen (secondary N) is 1. The van der Waals surface area contributed by atoms with Gasteiger partial charge >= 0.3 is 5.97 Å². The van der Waals surface area contributed by atoms with Gasteiger partial charge in [0.2, 0.25) is 5.91 Å². The summed E-state index contributed by atoms with van der Waals surface area (Å²) in [6, 6.07) is -0.447. The molecule has 0 aromatic heterocycles. The molecule has 0 aromatic rings. The molecule has 0 saturated carbocycles. The van der Waals surface area contributed by atoms with Crippen LogP contribution in [0.4, 0.5) is 8.78 Å². The van der Waals surface area contributed by atoms with E-state index in [4.69, 9.17) is 5.11 Å². The number of likely N-dealkylation sites (tertiary alicyclic amines) is 1. The van der Waals surface area contributed by atoms with E-state index < -0.39 is 35.2 Å². The highest BCUT2D eigenvalue weighted by Crippen LogP contribution is 2.38. The van der Waals surface area contributed by atoms with E-state index >= 15 is 0 Å². The topological polar surface area (TPSA) is 69.6 Å². The summed E-state index contributed by atoms with van der Waals surface area (Å²) >= 11 is 0. The molecular weight excluding hydrogens is 258 g/mol. The van der Waals surface area contributed by atoms with Gasteiger partial charge in [-0.2, -0.15) is 0 Å². The van der Waals surface area contributed by atoms with E-state index in [1.54, 1.807) is 0 Å². The summed E-state index contributed by atoms with van der Waals surface area (Å²) < 4.78 is 27.0. The van der Waals surface area contributed by atoms with Gasteiger partial charge < -0.3 is 15.3 Å². The van der Waals surface area contributed by atoms with Gasteiger partial charge in [-0.1, -0.05) is 0 Å². The minimum atomic E-state index is -2.73. The smallest absolute Gasteiger partial charge is 0.318 e. The molecule has 0 unspecified atom stereocenters. The highest BCUT2D eigenvalue weighted by Gasteiger charge is 2.53. The first-order valence-electron chi connectivity index (χ1n) is 6.30. The minimum Gasteiger partial charge on any atom is -0.480 e. The standard InChI is InChI=1S/C12H18F2N2O3/c1-11(2,10(18)19)9(17)16-4-3-7-8(5-16)15-6-12(7,13)14/h7-8,15H,3-6H2,1-2H3,(H,18,19)/t7-,8+/m0/s1. The minimum absolute atomic E-state index is 0.149. The van der Waals surface area contributed by atoms with E-state index in [-0.39, 0.29) is 26.1 Å². The second-order valence-corrected chi connectivity index (χ2v) is 5.82. The molecule has 0 spiro atoms. The molecule has 2 aliphatic heterocycles. The van der Waals surface area contributed by atoms with Crippen LogP contribution in [0, 0.1) is 11.3 Å². The normalized spacial score (nSPS) is 30.0. The number of carboxylic acids is 1. The van der Waals surface area contributed by atoms with Gasteiger partial charge in [0.05, 0.1) is 6.54 Å². The number of aliphatic carboxylic acids is 1. The number of rotatable bonds is 2. The van der Waals surface area contributed by atoms with Gasteiger partial charge in [0.25, 0.3) is 5.92 Å². The fourth-order valence-electron chi connectivity index (χ4n) is 2.73. The number of carbonyl (C=O) groups excluding carboxylic acids is 1. The van der Waals surface area contributed by atoms with Crippen molar-refractivity contribution in [1.29, 1.82) is 0 Å². The van der Waals surface area contributed by atoms with Gasteiger partial charge in [0.1, 0.15) is 5.41 Å². The number of carboxylic acid groups (broad SMARTS) is 1. The zero-order valence-corrected chi connectivity index (χ0v) is 10.9. The second-order valence-electron chi connectivity index (χ2n) is 5.82. The third-order valence-electron chi connectivity index (χ3n) is 4.11. The highest BCUT2D eigenvalue weighted by atomic mass is 19.3. The van der Waals surface area contributed by atoms with E-state index in [0.29, 0.717) is 0 Å². The summed E-state index contributed by atoms with van der Waals surface area (Å²) in [5.41, 5.74) is -1.52. The van der Waals surface area contributed by atoms with Crippen molar-refractivity contribution in [2.75, 3.05) is 19.6 Å². The predicted octanol–water partition coefficient (Wildman–Crippen LogP) is 0.553. The summed E-state index contributed by atoms with van der Waals surface area (Å²) in [6.07, 6.45) is 0.201. The van der Waals surface area contributed by atoms with Crippen LogP contribution >= 0.6 is 0 Å². The molecule has 2 fully saturated rings. The maximum absolute atomic E-state index is 13.5. The molecule has 2 aliphatic rings. The Balaban J connectivity index is 2.07. The lowest BCUT2D eigenvalue weighted by Crippen LogP contribution is -2.54. The molecule has 0 aliphatic carbocycles. The monoisotopic (exact) mass is 276 g/mol. The summed E-state index contributed by atoms with van der Waals surface area (Å²) in [5.74, 6) is -5.22. The average molecular weight is 276 g/mol. The Morgan fingerprint density at radius 2 is 2.05 bits per heavy atom. The van der Waals surface area contributed by atoms with Gasteiger partial charge in [0, 0.05) is 25.0 Å². The first kappa shape index (κ1) is 14.2. The predicted molar refractivity (Wildman–Crippen MR) is 62.8 cm³/mol. The number of alkyl halides is 2. The molecule has 2 heterocycles. The van der Waals surface area contributed by atoms with Crippen molar-refractivity contribution >= 4 is 11.9 Å². The summed E-state index contributed by atoms with van der Waals surface area (Å²) in [4.78, 5) is 24.6. The van der Waals surface area contributed by atoms with Crippen molar-refractivity contribution in [3.63, 3.8) is 0 Å². The van der Waals surface area contributed by atoms with Crippen LogP contribution in [0.15, 0.2) is 0 Å². The first-order valence-corrected chi connectivity index (χ1v) is 6.30. The molecule has 108 valence electrons. The van der Waals surface area contributed by atoms with Crippen molar-refractivity contribution in [2.45, 2.75) is 32.2 Å². The molecule has 2 atom stereocenters. The Morgan fingerprint density at radius 1 is 1.42 bits per heavy atom. The van der Waals surface area contributed by atoms with Crippen LogP contribution in [0.1, 0.15) is 20.3 Å². The van der Waals surface area contributed by atoms with E-state index in [0.717, 1.165) is 0 Å². The van der Waals surface area contributed by atoms with Gasteiger partial charge in [-0.3, -0.25) is 9.59 Å². The fraction of sp³-hybridized carbons (Fsp3) is 0.833. The molecule has 2 N–H and O–H groups in total. The number of halogens is 2. The van der Waals surface area contributed by atoms with Crippen LogP contribution in [-0.4, -0.2) is 53.5 Å². The molecule has 0 radical (unpaired) electrons. The van der Waals surface area contributed by atoms with Crippen LogP contribution in [-0.2, 0) is 9.59 Å². The van der Waals surface area contributed by atoms with Gasteiger partial charge in [-0.15, -0.1) is 0 Å². The SMILES string of the molecule is CC(C)(C(=O)O)C(=O)N1CC[C@H]2[C@@H](C1)NCC2(F)F. The van der Waals surface area contributed by atoms with Crippen molar-refractivity contribution in [2.24, 2.45) is 11.3 Å². The number of fused-ring (bicyclic) bond motifs is 1. The Hall–Kier alpha value is -1.24. The second kappa shape index (κ2) is 4.40. The maximum Gasteiger partial charge on any atom is 0.318 e. The van der Waals surface area contributed by atoms with Gasteiger partial charge in [0.15, 0.2) is 0 Å². The summed E-state index contributed by atoms with van der Waals surface area (Å²) in [6.45, 7) is 2.64. The first-order chi connectivity index (χ1) is 8.66. The molecule has 2 saturated heterocycles. The lowest BCUT2D eigenvalue weighted by atomic mass is 9.86. The maximum atomic E-state index is 13.5. The van der Waals surface area contributed by atoms with Crippen molar-refractivity contribution in [1.82, 2.24) is 10.2 Å². The van der Waals surface area contributed by atoms with Crippen LogP contribution in [0.25, 0.3) is 0 Å². The number of hydrogen-bond acceptors (Lipinski definition) is 3. The Morgan fingerprint density at radius 3 is 2.63 bits per heavy atom. The van der Waals surface area contributed by atoms with Gasteiger partial charge in [-0.25, -0.2) is 8.78 Å². The Bertz CT molecular complexity index is 412. The van der Waals surface area contributed by atoms with E-state index in [1.807, 2.05) is 0 Å². The molecule has 5 nitrogen and oxygen atoms in total. The lowest BCUT2D eigenvalue weighted by Gasteiger charge is -2.38. The van der Waals surface area contributed by atoms with Crippen molar-refractivity contribution < 1.29 is 23.5 Å². The highest BCUT2D eigenvalue weighted by molar-refractivity contribution is 6.01. The largest absolute Gasteiger partial charge is 0.480 e. The quantitative estimate of drug-likeness (QED) is 0.723. The number of amides is 1. The molecule has 0 aromatic carbocycles. The number of piperidine rings is 1. The van der Waals surface area contributed by atoms with E-state index in [9.17, 15) is 18.4 Å². The molecule has 2 rings (SSSR count). The molecule has 1 amide bonds. The fourth-order valence-corrected chi connectivity index (χ4v) is 2.73. The molecular formula is C12H18F2N2O3. The number of carbonyl (C=O) groups is 2. The number of nitrogens with zero attached hydrogens (tertiary/aromatic N) is 1. The molecule has 19 heavy (non-hydrogen) atoms. The molecule has 0 bridgehead atoms. The van der Waals surface area contributed by atoms with Crippen LogP contribution in [0.5, 0.6) is 0 Å². The average Bonchev–Trinajstić information content (AvgIpc) is 2.64. The van der Waals surface area contributed by atoms with Crippen LogP contribution < -0.4 is 5.32 Å². The Kier molecular flexibility index (Phi) is 3.28. The zero-order chi connectivity index (χ0) is 14.4.